The van der Waals surface area contributed by atoms with Crippen LogP contribution < -0.4 is 11.2 Å². The molecule has 18 heavy (non-hydrogen) atoms. The number of aromatic amines is 1. The predicted octanol–water partition coefficient (Wildman–Crippen LogP) is 1.79. The van der Waals surface area contributed by atoms with Crippen LogP contribution in [0.5, 0.6) is 0 Å². The minimum Gasteiger partial charge on any atom is -0.296 e. The van der Waals surface area contributed by atoms with E-state index in [1.807, 2.05) is 0 Å². The summed E-state index contributed by atoms with van der Waals surface area (Å²) >= 11 is 3.24. The van der Waals surface area contributed by atoms with Crippen molar-refractivity contribution >= 4 is 15.9 Å². The van der Waals surface area contributed by atoms with Crippen LogP contribution in [0.2, 0.25) is 0 Å². The van der Waals surface area contributed by atoms with Gasteiger partial charge in [-0.25, -0.2) is 9.18 Å². The van der Waals surface area contributed by atoms with Crippen molar-refractivity contribution in [2.45, 2.75) is 13.5 Å². The summed E-state index contributed by atoms with van der Waals surface area (Å²) in [7, 11) is 0. The van der Waals surface area contributed by atoms with Gasteiger partial charge in [0, 0.05) is 21.8 Å². The van der Waals surface area contributed by atoms with Crippen molar-refractivity contribution in [1.29, 1.82) is 0 Å². The van der Waals surface area contributed by atoms with Gasteiger partial charge in [-0.05, 0) is 25.1 Å². The van der Waals surface area contributed by atoms with E-state index in [1.54, 1.807) is 19.1 Å². The molecule has 1 heterocycles. The molecule has 6 heteroatoms. The van der Waals surface area contributed by atoms with Gasteiger partial charge in [-0.2, -0.15) is 0 Å². The standard InChI is InChI=1S/C12H10BrFN2O2/c1-7-5-16(12(18)15-11(7)17)6-8-4-9(13)2-3-10(8)14/h2-5H,6H2,1H3,(H,15,17,18). The molecule has 0 fully saturated rings. The van der Waals surface area contributed by atoms with Gasteiger partial charge in [0.05, 0.1) is 6.54 Å². The van der Waals surface area contributed by atoms with E-state index in [4.69, 9.17) is 0 Å². The highest BCUT2D eigenvalue weighted by Crippen LogP contribution is 2.16. The molecule has 0 aliphatic carbocycles. The van der Waals surface area contributed by atoms with Crippen molar-refractivity contribution in [3.05, 3.63) is 66.7 Å². The maximum atomic E-state index is 13.6. The minimum absolute atomic E-state index is 0.0712. The Labute approximate surface area is 110 Å². The molecule has 1 aromatic heterocycles. The van der Waals surface area contributed by atoms with Crippen LogP contribution in [-0.4, -0.2) is 9.55 Å². The number of rotatable bonds is 2. The average molecular weight is 313 g/mol. The number of H-pyrrole nitrogens is 1. The third-order valence-corrected chi connectivity index (χ3v) is 3.03. The number of nitrogens with zero attached hydrogens (tertiary/aromatic N) is 1. The summed E-state index contributed by atoms with van der Waals surface area (Å²) in [5, 5.41) is 0. The van der Waals surface area contributed by atoms with Gasteiger partial charge in [0.25, 0.3) is 5.56 Å². The third kappa shape index (κ3) is 2.59. The molecule has 4 nitrogen and oxygen atoms in total. The predicted molar refractivity (Wildman–Crippen MR) is 69.3 cm³/mol. The second-order valence-corrected chi connectivity index (χ2v) is 4.85. The molecule has 2 aromatic rings. The Bertz CT molecular complexity index is 706. The topological polar surface area (TPSA) is 54.9 Å². The maximum Gasteiger partial charge on any atom is 0.328 e. The van der Waals surface area contributed by atoms with Gasteiger partial charge in [0.1, 0.15) is 5.82 Å². The summed E-state index contributed by atoms with van der Waals surface area (Å²) in [6, 6.07) is 4.50. The van der Waals surface area contributed by atoms with E-state index in [9.17, 15) is 14.0 Å². The van der Waals surface area contributed by atoms with Crippen LogP contribution in [-0.2, 0) is 6.54 Å². The number of aromatic nitrogens is 2. The van der Waals surface area contributed by atoms with Crippen LogP contribution >= 0.6 is 15.9 Å². The van der Waals surface area contributed by atoms with Gasteiger partial charge in [0.2, 0.25) is 0 Å². The van der Waals surface area contributed by atoms with Gasteiger partial charge in [0.15, 0.2) is 0 Å². The van der Waals surface area contributed by atoms with Crippen molar-refractivity contribution in [1.82, 2.24) is 9.55 Å². The molecule has 0 aliphatic heterocycles. The van der Waals surface area contributed by atoms with Gasteiger partial charge < -0.3 is 0 Å². The lowest BCUT2D eigenvalue weighted by atomic mass is 10.2. The van der Waals surface area contributed by atoms with Crippen molar-refractivity contribution in [3.63, 3.8) is 0 Å². The summed E-state index contributed by atoms with van der Waals surface area (Å²) in [6.07, 6.45) is 1.42. The highest BCUT2D eigenvalue weighted by Gasteiger charge is 2.06. The first-order valence-electron chi connectivity index (χ1n) is 5.21. The molecule has 0 unspecified atom stereocenters. The van der Waals surface area contributed by atoms with Crippen molar-refractivity contribution in [2.75, 3.05) is 0 Å². The van der Waals surface area contributed by atoms with E-state index in [-0.39, 0.29) is 6.54 Å². The van der Waals surface area contributed by atoms with E-state index in [1.165, 1.54) is 16.8 Å². The SMILES string of the molecule is Cc1cn(Cc2cc(Br)ccc2F)c(=O)[nH]c1=O. The fourth-order valence-electron chi connectivity index (χ4n) is 1.58. The normalized spacial score (nSPS) is 10.6. The zero-order valence-electron chi connectivity index (χ0n) is 9.54. The van der Waals surface area contributed by atoms with Crippen LogP contribution in [0.15, 0.2) is 38.5 Å². The fourth-order valence-corrected chi connectivity index (χ4v) is 1.99. The Balaban J connectivity index is 2.46. The van der Waals surface area contributed by atoms with E-state index in [2.05, 4.69) is 20.9 Å². The fraction of sp³-hybridized carbons (Fsp3) is 0.167. The van der Waals surface area contributed by atoms with E-state index < -0.39 is 17.1 Å². The molecular formula is C12H10BrFN2O2. The van der Waals surface area contributed by atoms with Crippen LogP contribution in [0.25, 0.3) is 0 Å². The Morgan fingerprint density at radius 2 is 2.11 bits per heavy atom. The molecule has 0 aliphatic rings. The third-order valence-electron chi connectivity index (χ3n) is 2.54. The molecule has 0 spiro atoms. The zero-order chi connectivity index (χ0) is 13.3. The van der Waals surface area contributed by atoms with Crippen molar-refractivity contribution in [3.8, 4) is 0 Å². The Morgan fingerprint density at radius 3 is 2.83 bits per heavy atom. The molecule has 1 aromatic carbocycles. The van der Waals surface area contributed by atoms with Crippen LogP contribution in [0.4, 0.5) is 4.39 Å². The lowest BCUT2D eigenvalue weighted by Crippen LogP contribution is -2.31. The number of hydrogen-bond acceptors (Lipinski definition) is 2. The molecular weight excluding hydrogens is 303 g/mol. The quantitative estimate of drug-likeness (QED) is 0.919. The number of halogens is 2. The van der Waals surface area contributed by atoms with E-state index in [0.29, 0.717) is 11.1 Å². The Hall–Kier alpha value is -1.69. The highest BCUT2D eigenvalue weighted by atomic mass is 79.9. The van der Waals surface area contributed by atoms with E-state index >= 15 is 0 Å². The minimum atomic E-state index is -0.551. The summed E-state index contributed by atoms with van der Waals surface area (Å²) < 4.78 is 15.6. The van der Waals surface area contributed by atoms with Gasteiger partial charge in [-0.1, -0.05) is 15.9 Å². The Kier molecular flexibility index (Phi) is 3.47. The lowest BCUT2D eigenvalue weighted by molar-refractivity contribution is 0.591. The molecule has 0 bridgehead atoms. The first kappa shape index (κ1) is 12.8. The maximum absolute atomic E-state index is 13.6. The van der Waals surface area contributed by atoms with Crippen LogP contribution in [0.3, 0.4) is 0 Å². The molecule has 0 saturated carbocycles. The molecule has 0 atom stereocenters. The van der Waals surface area contributed by atoms with E-state index in [0.717, 1.165) is 4.47 Å². The average Bonchev–Trinajstić information content (AvgIpc) is 2.30. The van der Waals surface area contributed by atoms with Crippen molar-refractivity contribution in [2.24, 2.45) is 0 Å². The summed E-state index contributed by atoms with van der Waals surface area (Å²) in [4.78, 5) is 25.0. The Morgan fingerprint density at radius 1 is 1.39 bits per heavy atom. The summed E-state index contributed by atoms with van der Waals surface area (Å²) in [5.41, 5.74) is -0.195. The highest BCUT2D eigenvalue weighted by molar-refractivity contribution is 9.10. The number of nitrogens with one attached hydrogen (secondary N) is 1. The molecule has 0 radical (unpaired) electrons. The molecule has 0 saturated heterocycles. The number of aryl methyl sites for hydroxylation is 1. The number of benzene rings is 1. The van der Waals surface area contributed by atoms with Gasteiger partial charge in [-0.15, -0.1) is 0 Å². The second-order valence-electron chi connectivity index (χ2n) is 3.94. The molecule has 2 rings (SSSR count). The molecule has 0 amide bonds. The first-order valence-corrected chi connectivity index (χ1v) is 6.01. The molecule has 1 N–H and O–H groups in total. The van der Waals surface area contributed by atoms with Gasteiger partial charge >= 0.3 is 5.69 Å². The summed E-state index contributed by atoms with van der Waals surface area (Å²) in [5.74, 6) is -0.394. The second kappa shape index (κ2) is 4.89. The van der Waals surface area contributed by atoms with Gasteiger partial charge in [-0.3, -0.25) is 14.3 Å². The summed E-state index contributed by atoms with van der Waals surface area (Å²) in [6.45, 7) is 1.66. The smallest absolute Gasteiger partial charge is 0.296 e. The van der Waals surface area contributed by atoms with Crippen LogP contribution in [0.1, 0.15) is 11.1 Å². The first-order chi connectivity index (χ1) is 8.47. The van der Waals surface area contributed by atoms with Crippen molar-refractivity contribution < 1.29 is 4.39 Å². The lowest BCUT2D eigenvalue weighted by Gasteiger charge is -2.07. The number of hydrogen-bond donors (Lipinski definition) is 1. The largest absolute Gasteiger partial charge is 0.328 e. The monoisotopic (exact) mass is 312 g/mol. The zero-order valence-corrected chi connectivity index (χ0v) is 11.1. The molecule has 94 valence electrons. The van der Waals surface area contributed by atoms with Crippen LogP contribution in [0, 0.1) is 12.7 Å².